The fourth-order valence-electron chi connectivity index (χ4n) is 0. The molecule has 0 amide bonds. The van der Waals surface area contributed by atoms with Crippen LogP contribution in [-0.2, 0) is 11.4 Å². The van der Waals surface area contributed by atoms with E-state index in [0.29, 0.717) is 0 Å². The minimum Gasteiger partial charge on any atom is -0.284 e. The summed E-state index contributed by atoms with van der Waals surface area (Å²) in [4.78, 5) is 0. The predicted octanol–water partition coefficient (Wildman–Crippen LogP) is -0.319. The van der Waals surface area contributed by atoms with Gasteiger partial charge in [0.1, 0.15) is 0 Å². The van der Waals surface area contributed by atoms with Gasteiger partial charge in [-0.2, -0.15) is 4.21 Å². The van der Waals surface area contributed by atoms with Gasteiger partial charge in [0, 0.05) is 39.9 Å². The minimum absolute atomic E-state index is 0. The van der Waals surface area contributed by atoms with Crippen molar-refractivity contribution in [3.05, 3.63) is 0 Å². The van der Waals surface area contributed by atoms with E-state index in [-0.39, 0.29) is 39.9 Å². The average Bonchev–Trinajstić information content (AvgIpc) is 0.811. The van der Waals surface area contributed by atoms with Gasteiger partial charge < -0.3 is 0 Å². The first-order valence-electron chi connectivity index (χ1n) is 0.532. The van der Waals surface area contributed by atoms with Gasteiger partial charge in [-0.15, -0.1) is 0 Å². The van der Waals surface area contributed by atoms with Gasteiger partial charge >= 0.3 is 0 Å². The topological polar surface area (TPSA) is 57.5 Å². The molecule has 0 spiro atoms. The molecule has 0 atom stereocenters. The van der Waals surface area contributed by atoms with Crippen molar-refractivity contribution in [2.24, 2.45) is 0 Å². The molecule has 0 saturated heterocycles. The third-order valence-corrected chi connectivity index (χ3v) is 0. The van der Waals surface area contributed by atoms with Crippen molar-refractivity contribution in [3.63, 3.8) is 0 Å². The summed E-state index contributed by atoms with van der Waals surface area (Å²) in [6.07, 6.45) is 0. The molecule has 2 N–H and O–H groups in total. The van der Waals surface area contributed by atoms with Crippen LogP contribution in [0.4, 0.5) is 0 Å². The maximum absolute atomic E-state index is 8.67. The van der Waals surface area contributed by atoms with Crippen molar-refractivity contribution in [3.8, 4) is 0 Å². The Bertz CT molecular complexity index is 29.9. The van der Waals surface area contributed by atoms with Crippen LogP contribution in [0.5, 0.6) is 0 Å². The van der Waals surface area contributed by atoms with Gasteiger partial charge in [-0.25, -0.2) is 0 Å². The van der Waals surface area contributed by atoms with Crippen LogP contribution < -0.4 is 0 Å². The first-order chi connectivity index (χ1) is 1.73. The molecule has 0 aromatic rings. The van der Waals surface area contributed by atoms with Crippen molar-refractivity contribution in [2.45, 2.75) is 0 Å². The van der Waals surface area contributed by atoms with E-state index in [2.05, 4.69) is 0 Å². The Hall–Kier alpha value is 1.39. The summed E-state index contributed by atoms with van der Waals surface area (Å²) in [7, 11) is 0. The molecule has 0 aliphatic rings. The summed E-state index contributed by atoms with van der Waals surface area (Å²) in [6, 6.07) is 0. The third kappa shape index (κ3) is 32.0. The Morgan fingerprint density at radius 1 is 1.40 bits per heavy atom. The molecule has 3 nitrogen and oxygen atoms in total. The Kier molecular flexibility index (Phi) is 10.4. The van der Waals surface area contributed by atoms with Gasteiger partial charge in [-0.3, -0.25) is 9.11 Å². The normalized spacial score (nSPS) is 7.00. The molecule has 34 valence electrons. The van der Waals surface area contributed by atoms with Crippen LogP contribution in [0.25, 0.3) is 0 Å². The van der Waals surface area contributed by atoms with Crippen LogP contribution in [0.1, 0.15) is 0 Å². The fraction of sp³-hybridized carbons (Fsp3) is 0. The first-order valence-corrected chi connectivity index (χ1v) is 1.60. The monoisotopic (exact) mass is 240 g/mol. The summed E-state index contributed by atoms with van der Waals surface area (Å²) < 4.78 is 22.8. The van der Waals surface area contributed by atoms with Gasteiger partial charge in [-0.1, -0.05) is 0 Å². The standard InChI is InChI=1S/Gd.H2O3S/c;1-4(2)3/h;(H2,1,2,3). The molecule has 0 heterocycles. The second-order valence-electron chi connectivity index (χ2n) is 0.231. The van der Waals surface area contributed by atoms with Gasteiger partial charge in [-0.05, 0) is 0 Å². The Morgan fingerprint density at radius 3 is 1.40 bits per heavy atom. The fourth-order valence-corrected chi connectivity index (χ4v) is 0. The number of rotatable bonds is 0. The van der Waals surface area contributed by atoms with Gasteiger partial charge in [0.15, 0.2) is 0 Å². The van der Waals surface area contributed by atoms with Crippen LogP contribution in [0.15, 0.2) is 0 Å². The molecular formula is H2GdO3S. The van der Waals surface area contributed by atoms with Crippen LogP contribution in [0, 0.1) is 39.9 Å². The van der Waals surface area contributed by atoms with E-state index in [1.54, 1.807) is 0 Å². The molecule has 5 heteroatoms. The third-order valence-electron chi connectivity index (χ3n) is 0. The van der Waals surface area contributed by atoms with Crippen molar-refractivity contribution in [1.82, 2.24) is 0 Å². The van der Waals surface area contributed by atoms with E-state index in [9.17, 15) is 0 Å². The van der Waals surface area contributed by atoms with E-state index < -0.39 is 11.4 Å². The molecular weight excluding hydrogens is 237 g/mol. The molecule has 0 aliphatic carbocycles. The molecule has 0 aromatic heterocycles. The van der Waals surface area contributed by atoms with Crippen LogP contribution in [-0.4, -0.2) is 13.3 Å². The molecule has 0 aliphatic heterocycles. The molecule has 0 radical (unpaired) electrons. The zero-order chi connectivity index (χ0) is 3.58. The van der Waals surface area contributed by atoms with Crippen LogP contribution in [0.3, 0.4) is 0 Å². The van der Waals surface area contributed by atoms with Crippen molar-refractivity contribution in [2.75, 3.05) is 0 Å². The Labute approximate surface area is 63.9 Å². The van der Waals surface area contributed by atoms with Crippen molar-refractivity contribution in [1.29, 1.82) is 0 Å². The first kappa shape index (κ1) is 9.64. The van der Waals surface area contributed by atoms with E-state index in [1.807, 2.05) is 0 Å². The molecule has 0 rings (SSSR count). The number of hydrogen-bond donors (Lipinski definition) is 2. The largest absolute Gasteiger partial charge is 0.299 e. The SMILES string of the molecule is O=S(O)O.[Gd]. The van der Waals surface area contributed by atoms with E-state index in [0.717, 1.165) is 0 Å². The van der Waals surface area contributed by atoms with Crippen molar-refractivity contribution < 1.29 is 53.3 Å². The summed E-state index contributed by atoms with van der Waals surface area (Å²) in [5.74, 6) is 0. The average molecular weight is 239 g/mol. The predicted molar refractivity (Wildman–Crippen MR) is 13.4 cm³/mol. The smallest absolute Gasteiger partial charge is 0.284 e. The Morgan fingerprint density at radius 2 is 1.40 bits per heavy atom. The molecule has 0 saturated carbocycles. The maximum atomic E-state index is 8.67. The Balaban J connectivity index is 0. The minimum atomic E-state index is -2.61. The van der Waals surface area contributed by atoms with E-state index in [4.69, 9.17) is 13.3 Å². The molecule has 0 bridgehead atoms. The van der Waals surface area contributed by atoms with Crippen LogP contribution in [0.2, 0.25) is 0 Å². The number of hydrogen-bond acceptors (Lipinski definition) is 1. The summed E-state index contributed by atoms with van der Waals surface area (Å²) in [5, 5.41) is 0. The van der Waals surface area contributed by atoms with Gasteiger partial charge in [0.05, 0.1) is 0 Å². The quantitative estimate of drug-likeness (QED) is 0.570. The summed E-state index contributed by atoms with van der Waals surface area (Å²) >= 11 is -2.61. The second kappa shape index (κ2) is 5.39. The molecule has 0 fully saturated rings. The van der Waals surface area contributed by atoms with Crippen LogP contribution >= 0.6 is 0 Å². The maximum Gasteiger partial charge on any atom is 0.299 e. The molecule has 0 unspecified atom stereocenters. The van der Waals surface area contributed by atoms with E-state index >= 15 is 0 Å². The zero-order valence-corrected chi connectivity index (χ0v) is 5.15. The summed E-state index contributed by atoms with van der Waals surface area (Å²) in [5.41, 5.74) is 0. The van der Waals surface area contributed by atoms with Gasteiger partial charge in [0.2, 0.25) is 0 Å². The van der Waals surface area contributed by atoms with Crippen molar-refractivity contribution >= 4 is 11.4 Å². The molecule has 0 aromatic carbocycles. The molecule has 5 heavy (non-hydrogen) atoms. The summed E-state index contributed by atoms with van der Waals surface area (Å²) in [6.45, 7) is 0. The zero-order valence-electron chi connectivity index (χ0n) is 2.06. The second-order valence-corrected chi connectivity index (χ2v) is 0.692. The van der Waals surface area contributed by atoms with E-state index in [1.165, 1.54) is 0 Å². The van der Waals surface area contributed by atoms with Gasteiger partial charge in [0.25, 0.3) is 11.4 Å².